The van der Waals surface area contributed by atoms with Crippen LogP contribution in [0.1, 0.15) is 6.92 Å². The minimum Gasteiger partial charge on any atom is -0.325 e. The first-order valence-corrected chi connectivity index (χ1v) is 8.88. The van der Waals surface area contributed by atoms with Gasteiger partial charge in [-0.15, -0.1) is 11.8 Å². The van der Waals surface area contributed by atoms with Crippen molar-refractivity contribution in [3.63, 3.8) is 0 Å². The molecule has 0 spiro atoms. The van der Waals surface area contributed by atoms with Crippen molar-refractivity contribution in [2.24, 2.45) is 0 Å². The molecule has 5 nitrogen and oxygen atoms in total. The van der Waals surface area contributed by atoms with E-state index in [0.717, 1.165) is 4.90 Å². The van der Waals surface area contributed by atoms with Gasteiger partial charge in [0.1, 0.15) is 0 Å². The molecule has 0 aromatic heterocycles. The fourth-order valence-electron chi connectivity index (χ4n) is 1.87. The molecular formula is C16H14F2N2O3S2. The average Bonchev–Trinajstić information content (AvgIpc) is 2.56. The van der Waals surface area contributed by atoms with Crippen molar-refractivity contribution in [2.45, 2.75) is 27.7 Å². The van der Waals surface area contributed by atoms with Gasteiger partial charge in [0.25, 0.3) is 11.4 Å². The Balaban J connectivity index is 1.92. The van der Waals surface area contributed by atoms with Crippen molar-refractivity contribution >= 4 is 40.8 Å². The maximum atomic E-state index is 12.3. The van der Waals surface area contributed by atoms with Crippen LogP contribution in [0.3, 0.4) is 0 Å². The molecule has 0 aliphatic carbocycles. The lowest BCUT2D eigenvalue weighted by Gasteiger charge is -2.12. The molecule has 9 heteroatoms. The van der Waals surface area contributed by atoms with E-state index < -0.39 is 15.9 Å². The molecular weight excluding hydrogens is 370 g/mol. The molecule has 1 atom stereocenters. The summed E-state index contributed by atoms with van der Waals surface area (Å²) >= 11 is 1.70. The lowest BCUT2D eigenvalue weighted by molar-refractivity contribution is -0.384. The highest BCUT2D eigenvalue weighted by atomic mass is 32.2. The van der Waals surface area contributed by atoms with E-state index >= 15 is 0 Å². The number of benzene rings is 2. The van der Waals surface area contributed by atoms with Gasteiger partial charge in [0, 0.05) is 27.6 Å². The Morgan fingerprint density at radius 2 is 1.56 bits per heavy atom. The number of halogens is 2. The fraction of sp³-hybridized carbons (Fsp3) is 0.188. The van der Waals surface area contributed by atoms with Crippen LogP contribution in [0.4, 0.5) is 20.2 Å². The predicted molar refractivity (Wildman–Crippen MR) is 95.3 cm³/mol. The number of nitrogens with zero attached hydrogens (tertiary/aromatic N) is 1. The summed E-state index contributed by atoms with van der Waals surface area (Å²) in [7, 11) is 0. The van der Waals surface area contributed by atoms with Gasteiger partial charge in [-0.3, -0.25) is 14.9 Å². The van der Waals surface area contributed by atoms with Crippen LogP contribution >= 0.6 is 23.5 Å². The topological polar surface area (TPSA) is 72.2 Å². The molecule has 0 radical (unpaired) electrons. The minimum atomic E-state index is -2.49. The quantitative estimate of drug-likeness (QED) is 0.412. The second kappa shape index (κ2) is 8.82. The van der Waals surface area contributed by atoms with Gasteiger partial charge in [-0.05, 0) is 43.3 Å². The smallest absolute Gasteiger partial charge is 0.288 e. The summed E-state index contributed by atoms with van der Waals surface area (Å²) in [5, 5.41) is 12.9. The molecule has 0 bridgehead atoms. The molecule has 25 heavy (non-hydrogen) atoms. The van der Waals surface area contributed by atoms with Gasteiger partial charge in [0.15, 0.2) is 0 Å². The van der Waals surface area contributed by atoms with Crippen LogP contribution in [-0.2, 0) is 4.79 Å². The van der Waals surface area contributed by atoms with Crippen LogP contribution in [0.15, 0.2) is 58.3 Å². The summed E-state index contributed by atoms with van der Waals surface area (Å²) in [5.74, 6) is -2.74. The highest BCUT2D eigenvalue weighted by molar-refractivity contribution is 8.00. The molecule has 0 unspecified atom stereocenters. The number of alkyl halides is 2. The first kappa shape index (κ1) is 19.2. The lowest BCUT2D eigenvalue weighted by atomic mass is 10.3. The Morgan fingerprint density at radius 1 is 1.04 bits per heavy atom. The van der Waals surface area contributed by atoms with Crippen molar-refractivity contribution in [1.29, 1.82) is 0 Å². The number of hydrogen-bond donors (Lipinski definition) is 1. The molecule has 0 heterocycles. The zero-order chi connectivity index (χ0) is 18.4. The Kier molecular flexibility index (Phi) is 6.77. The molecule has 132 valence electrons. The van der Waals surface area contributed by atoms with Crippen molar-refractivity contribution in [2.75, 3.05) is 5.32 Å². The van der Waals surface area contributed by atoms with E-state index in [1.807, 2.05) is 0 Å². The molecule has 0 aliphatic heterocycles. The molecule has 2 aromatic carbocycles. The van der Waals surface area contributed by atoms with Gasteiger partial charge >= 0.3 is 0 Å². The SMILES string of the molecule is C[C@H](Sc1ccc([N+](=O)[O-])cc1)C(=O)Nc1ccc(SC(F)F)cc1. The Bertz CT molecular complexity index is 740. The number of hydrogen-bond acceptors (Lipinski definition) is 5. The van der Waals surface area contributed by atoms with Crippen molar-refractivity contribution in [3.8, 4) is 0 Å². The largest absolute Gasteiger partial charge is 0.325 e. The maximum Gasteiger partial charge on any atom is 0.288 e. The molecule has 1 amide bonds. The van der Waals surface area contributed by atoms with E-state index in [9.17, 15) is 23.7 Å². The number of thioether (sulfide) groups is 2. The Morgan fingerprint density at radius 3 is 2.08 bits per heavy atom. The zero-order valence-corrected chi connectivity index (χ0v) is 14.7. The summed E-state index contributed by atoms with van der Waals surface area (Å²) in [6, 6.07) is 12.1. The lowest BCUT2D eigenvalue weighted by Crippen LogP contribution is -2.22. The third-order valence-corrected chi connectivity index (χ3v) is 4.91. The standard InChI is InChI=1S/C16H14F2N2O3S2/c1-10(24-13-8-4-12(5-9-13)20(22)23)15(21)19-11-2-6-14(7-3-11)25-16(17)18/h2-10,16H,1H3,(H,19,21)/t10-/m0/s1. The van der Waals surface area contributed by atoms with E-state index in [1.165, 1.54) is 36.0 Å². The van der Waals surface area contributed by atoms with E-state index in [2.05, 4.69) is 5.32 Å². The van der Waals surface area contributed by atoms with Crippen LogP contribution in [0, 0.1) is 10.1 Å². The number of nitro groups is 1. The molecule has 1 N–H and O–H groups in total. The van der Waals surface area contributed by atoms with Crippen LogP contribution in [0.5, 0.6) is 0 Å². The van der Waals surface area contributed by atoms with Gasteiger partial charge in [-0.25, -0.2) is 0 Å². The second-order valence-corrected chi connectivity index (χ2v) is 7.38. The van der Waals surface area contributed by atoms with E-state index in [1.54, 1.807) is 31.2 Å². The highest BCUT2D eigenvalue weighted by Gasteiger charge is 2.15. The number of nitro benzene ring substituents is 1. The average molecular weight is 384 g/mol. The second-order valence-electron chi connectivity index (χ2n) is 4.90. The number of nitrogens with one attached hydrogen (secondary N) is 1. The minimum absolute atomic E-state index is 0.0109. The van der Waals surface area contributed by atoms with E-state index in [-0.39, 0.29) is 11.6 Å². The third-order valence-electron chi connectivity index (χ3n) is 3.08. The molecule has 0 saturated carbocycles. The first-order chi connectivity index (χ1) is 11.8. The fourth-order valence-corrected chi connectivity index (χ4v) is 3.23. The van der Waals surface area contributed by atoms with Crippen LogP contribution in [0.2, 0.25) is 0 Å². The Hall–Kier alpha value is -2.13. The van der Waals surface area contributed by atoms with Crippen molar-refractivity contribution < 1.29 is 18.5 Å². The van der Waals surface area contributed by atoms with Crippen LogP contribution < -0.4 is 5.32 Å². The van der Waals surface area contributed by atoms with Gasteiger partial charge in [0.2, 0.25) is 5.91 Å². The van der Waals surface area contributed by atoms with E-state index in [0.29, 0.717) is 22.3 Å². The van der Waals surface area contributed by atoms with Gasteiger partial charge < -0.3 is 5.32 Å². The summed E-state index contributed by atoms with van der Waals surface area (Å²) in [6.45, 7) is 1.71. The molecule has 0 aliphatic rings. The zero-order valence-electron chi connectivity index (χ0n) is 13.0. The number of anilines is 1. The maximum absolute atomic E-state index is 12.3. The van der Waals surface area contributed by atoms with Gasteiger partial charge in [0.05, 0.1) is 10.2 Å². The van der Waals surface area contributed by atoms with Crippen LogP contribution in [0.25, 0.3) is 0 Å². The van der Waals surface area contributed by atoms with Crippen molar-refractivity contribution in [3.05, 3.63) is 58.6 Å². The number of non-ortho nitro benzene ring substituents is 1. The van der Waals surface area contributed by atoms with Gasteiger partial charge in [-0.1, -0.05) is 11.8 Å². The predicted octanol–water partition coefficient (Wildman–Crippen LogP) is 5.03. The number of carbonyl (C=O) groups is 1. The summed E-state index contributed by atoms with van der Waals surface area (Å²) in [6.07, 6.45) is 0. The molecule has 2 rings (SSSR count). The monoisotopic (exact) mass is 384 g/mol. The normalized spacial score (nSPS) is 12.0. The Labute approximate surface area is 151 Å². The third kappa shape index (κ3) is 6.02. The number of carbonyl (C=O) groups excluding carboxylic acids is 1. The molecule has 2 aromatic rings. The van der Waals surface area contributed by atoms with Crippen molar-refractivity contribution in [1.82, 2.24) is 0 Å². The molecule has 0 fully saturated rings. The summed E-state index contributed by atoms with van der Waals surface area (Å²) in [5.41, 5.74) is 0.503. The van der Waals surface area contributed by atoms with E-state index in [4.69, 9.17) is 0 Å². The highest BCUT2D eigenvalue weighted by Crippen LogP contribution is 2.28. The number of amides is 1. The molecule has 0 saturated heterocycles. The number of rotatable bonds is 7. The van der Waals surface area contributed by atoms with Crippen LogP contribution in [-0.4, -0.2) is 21.8 Å². The van der Waals surface area contributed by atoms with Gasteiger partial charge in [-0.2, -0.15) is 8.78 Å². The summed E-state index contributed by atoms with van der Waals surface area (Å²) < 4.78 is 24.5. The first-order valence-electron chi connectivity index (χ1n) is 7.12. The summed E-state index contributed by atoms with van der Waals surface area (Å²) in [4.78, 5) is 23.5.